The molecule has 0 fully saturated rings. The zero-order valence-electron chi connectivity index (χ0n) is 10.4. The van der Waals surface area contributed by atoms with Gasteiger partial charge in [-0.05, 0) is 6.07 Å². The summed E-state index contributed by atoms with van der Waals surface area (Å²) in [5.74, 6) is 3.29. The summed E-state index contributed by atoms with van der Waals surface area (Å²) in [6.45, 7) is 1.18. The maximum atomic E-state index is 5.93. The molecule has 0 bridgehead atoms. The molecule has 1 aromatic heterocycles. The second-order valence-electron chi connectivity index (χ2n) is 3.72. The molecule has 1 heterocycles. The van der Waals surface area contributed by atoms with Crippen molar-refractivity contribution in [2.45, 2.75) is 6.54 Å². The van der Waals surface area contributed by atoms with Crippen molar-refractivity contribution >= 4 is 17.6 Å². The van der Waals surface area contributed by atoms with Gasteiger partial charge in [-0.2, -0.15) is 0 Å². The quantitative estimate of drug-likeness (QED) is 0.500. The fourth-order valence-corrected chi connectivity index (χ4v) is 1.83. The third kappa shape index (κ3) is 3.72. The van der Waals surface area contributed by atoms with Crippen molar-refractivity contribution in [3.05, 3.63) is 23.0 Å². The topological polar surface area (TPSA) is 32.6 Å². The summed E-state index contributed by atoms with van der Waals surface area (Å²) in [5, 5.41) is 3.80. The van der Waals surface area contributed by atoms with Crippen molar-refractivity contribution in [2.24, 2.45) is 12.0 Å². The minimum Gasteiger partial charge on any atom is -0.351 e. The molecular weight excluding hydrogens is 236 g/mol. The Labute approximate surface area is 107 Å². The molecule has 0 aromatic carbocycles. The molecule has 0 unspecified atom stereocenters. The first kappa shape index (κ1) is 13.5. The van der Waals surface area contributed by atoms with E-state index in [0.717, 1.165) is 16.7 Å². The summed E-state index contributed by atoms with van der Waals surface area (Å²) in [4.78, 5) is 6.14. The zero-order valence-corrected chi connectivity index (χ0v) is 11.1. The van der Waals surface area contributed by atoms with Crippen LogP contribution in [0.2, 0.25) is 5.02 Å². The number of rotatable bonds is 3. The Morgan fingerprint density at radius 2 is 2.41 bits per heavy atom. The van der Waals surface area contributed by atoms with Gasteiger partial charge in [-0.3, -0.25) is 4.99 Å². The molecule has 1 N–H and O–H groups in total. The predicted octanol–water partition coefficient (Wildman–Crippen LogP) is 1.32. The van der Waals surface area contributed by atoms with E-state index in [1.165, 1.54) is 0 Å². The molecular formula is C12H17ClN4. The van der Waals surface area contributed by atoms with Gasteiger partial charge in [-0.15, -0.1) is 6.42 Å². The normalized spacial score (nSPS) is 11.1. The van der Waals surface area contributed by atoms with E-state index in [1.54, 1.807) is 7.05 Å². The van der Waals surface area contributed by atoms with Crippen molar-refractivity contribution in [2.75, 3.05) is 20.6 Å². The maximum Gasteiger partial charge on any atom is 0.194 e. The van der Waals surface area contributed by atoms with Crippen LogP contribution in [0.1, 0.15) is 5.69 Å². The summed E-state index contributed by atoms with van der Waals surface area (Å²) in [5.41, 5.74) is 1.11. The number of guanidine groups is 1. The smallest absolute Gasteiger partial charge is 0.194 e. The number of aliphatic imine (C=N–C) groups is 1. The van der Waals surface area contributed by atoms with Crippen LogP contribution >= 0.6 is 11.6 Å². The molecule has 92 valence electrons. The van der Waals surface area contributed by atoms with Crippen LogP contribution in [0.3, 0.4) is 0 Å². The number of nitrogens with zero attached hydrogens (tertiary/aromatic N) is 3. The van der Waals surface area contributed by atoms with Gasteiger partial charge in [0.25, 0.3) is 0 Å². The van der Waals surface area contributed by atoms with Gasteiger partial charge in [0, 0.05) is 33.0 Å². The molecule has 1 rings (SSSR count). The monoisotopic (exact) mass is 252 g/mol. The highest BCUT2D eigenvalue weighted by Crippen LogP contribution is 2.13. The molecule has 0 aliphatic rings. The largest absolute Gasteiger partial charge is 0.351 e. The first-order chi connectivity index (χ1) is 8.08. The van der Waals surface area contributed by atoms with Gasteiger partial charge < -0.3 is 14.8 Å². The fraction of sp³-hybridized carbons (Fsp3) is 0.417. The van der Waals surface area contributed by atoms with E-state index in [2.05, 4.69) is 16.2 Å². The van der Waals surface area contributed by atoms with Gasteiger partial charge in [-0.25, -0.2) is 0 Å². The van der Waals surface area contributed by atoms with Crippen LogP contribution in [-0.4, -0.2) is 36.1 Å². The molecule has 0 amide bonds. The molecule has 0 radical (unpaired) electrons. The summed E-state index contributed by atoms with van der Waals surface area (Å²) < 4.78 is 1.99. The fourth-order valence-electron chi connectivity index (χ4n) is 1.56. The van der Waals surface area contributed by atoms with Crippen LogP contribution in [0.4, 0.5) is 0 Å². The Kier molecular flexibility index (Phi) is 4.92. The van der Waals surface area contributed by atoms with E-state index >= 15 is 0 Å². The Morgan fingerprint density at radius 3 is 2.88 bits per heavy atom. The van der Waals surface area contributed by atoms with Crippen LogP contribution in [0.25, 0.3) is 0 Å². The Hall–Kier alpha value is -1.60. The highest BCUT2D eigenvalue weighted by atomic mass is 35.5. The van der Waals surface area contributed by atoms with Crippen molar-refractivity contribution in [3.63, 3.8) is 0 Å². The van der Waals surface area contributed by atoms with Crippen LogP contribution in [0.5, 0.6) is 0 Å². The summed E-state index contributed by atoms with van der Waals surface area (Å²) >= 11 is 5.93. The molecule has 0 aliphatic heterocycles. The van der Waals surface area contributed by atoms with Crippen LogP contribution in [0.15, 0.2) is 17.3 Å². The summed E-state index contributed by atoms with van der Waals surface area (Å²) in [6, 6.07) is 1.94. The predicted molar refractivity (Wildman–Crippen MR) is 72.1 cm³/mol. The molecule has 0 saturated carbocycles. The first-order valence-electron chi connectivity index (χ1n) is 5.24. The standard InChI is InChI=1S/C12H17ClN4/c1-5-6-15-12(14-2)17(4)9-11-7-10(13)8-16(11)3/h1,7-8H,6,9H2,2-4H3,(H,14,15). The molecule has 5 heteroatoms. The number of nitrogens with one attached hydrogen (secondary N) is 1. The maximum absolute atomic E-state index is 5.93. The highest BCUT2D eigenvalue weighted by molar-refractivity contribution is 6.30. The van der Waals surface area contributed by atoms with Gasteiger partial charge >= 0.3 is 0 Å². The average Bonchev–Trinajstić information content (AvgIpc) is 2.58. The van der Waals surface area contributed by atoms with Crippen LogP contribution in [-0.2, 0) is 13.6 Å². The molecule has 17 heavy (non-hydrogen) atoms. The zero-order chi connectivity index (χ0) is 12.8. The van der Waals surface area contributed by atoms with E-state index in [9.17, 15) is 0 Å². The number of terminal acetylenes is 1. The number of aromatic nitrogens is 1. The third-order valence-electron chi connectivity index (χ3n) is 2.40. The van der Waals surface area contributed by atoms with Crippen molar-refractivity contribution in [1.82, 2.24) is 14.8 Å². The van der Waals surface area contributed by atoms with E-state index in [-0.39, 0.29) is 0 Å². The summed E-state index contributed by atoms with van der Waals surface area (Å²) in [7, 11) is 5.65. The second-order valence-corrected chi connectivity index (χ2v) is 4.16. The third-order valence-corrected chi connectivity index (χ3v) is 2.60. The lowest BCUT2D eigenvalue weighted by molar-refractivity contribution is 0.465. The van der Waals surface area contributed by atoms with Crippen LogP contribution < -0.4 is 5.32 Å². The molecule has 0 atom stereocenters. The minimum atomic E-state index is 0.463. The lowest BCUT2D eigenvalue weighted by atomic mass is 10.4. The van der Waals surface area contributed by atoms with Gasteiger partial charge in [0.05, 0.1) is 18.1 Å². The average molecular weight is 253 g/mol. The van der Waals surface area contributed by atoms with E-state index in [4.69, 9.17) is 18.0 Å². The number of halogens is 1. The molecule has 0 spiro atoms. The number of hydrogen-bond acceptors (Lipinski definition) is 1. The highest BCUT2D eigenvalue weighted by Gasteiger charge is 2.08. The first-order valence-corrected chi connectivity index (χ1v) is 5.62. The van der Waals surface area contributed by atoms with Crippen molar-refractivity contribution < 1.29 is 0 Å². The van der Waals surface area contributed by atoms with Gasteiger partial charge in [-0.1, -0.05) is 17.5 Å². The van der Waals surface area contributed by atoms with E-state index < -0.39 is 0 Å². The van der Waals surface area contributed by atoms with E-state index in [1.807, 2.05) is 35.8 Å². The molecule has 0 saturated heterocycles. The lowest BCUT2D eigenvalue weighted by Crippen LogP contribution is -2.38. The Morgan fingerprint density at radius 1 is 1.71 bits per heavy atom. The lowest BCUT2D eigenvalue weighted by Gasteiger charge is -2.21. The van der Waals surface area contributed by atoms with Gasteiger partial charge in [0.1, 0.15) is 0 Å². The summed E-state index contributed by atoms with van der Waals surface area (Å²) in [6.07, 6.45) is 7.08. The molecule has 1 aromatic rings. The Balaban J connectivity index is 2.68. The number of aryl methyl sites for hydroxylation is 1. The Bertz CT molecular complexity index is 442. The van der Waals surface area contributed by atoms with E-state index in [0.29, 0.717) is 13.1 Å². The SMILES string of the molecule is C#CCNC(=NC)N(C)Cc1cc(Cl)cn1C. The minimum absolute atomic E-state index is 0.463. The van der Waals surface area contributed by atoms with Crippen molar-refractivity contribution in [1.29, 1.82) is 0 Å². The molecule has 0 aliphatic carbocycles. The van der Waals surface area contributed by atoms with Gasteiger partial charge in [0.15, 0.2) is 5.96 Å². The second kappa shape index (κ2) is 6.21. The number of hydrogen-bond donors (Lipinski definition) is 1. The van der Waals surface area contributed by atoms with Gasteiger partial charge in [0.2, 0.25) is 0 Å². The van der Waals surface area contributed by atoms with Crippen LogP contribution in [0, 0.1) is 12.3 Å². The van der Waals surface area contributed by atoms with Crippen molar-refractivity contribution in [3.8, 4) is 12.3 Å². The molecule has 4 nitrogen and oxygen atoms in total.